The number of carbonyl (C=O) groups is 1. The number of anilines is 1. The summed E-state index contributed by atoms with van der Waals surface area (Å²) in [6, 6.07) is 8.59. The molecular weight excluding hydrogens is 342 g/mol. The molecule has 0 radical (unpaired) electrons. The molecule has 24 heavy (non-hydrogen) atoms. The summed E-state index contributed by atoms with van der Waals surface area (Å²) in [5.74, 6) is 0.480. The second kappa shape index (κ2) is 6.76. The molecule has 1 unspecified atom stereocenters. The lowest BCUT2D eigenvalue weighted by atomic mass is 10.2. The lowest BCUT2D eigenvalue weighted by Gasteiger charge is -2.22. The van der Waals surface area contributed by atoms with Gasteiger partial charge in [0, 0.05) is 16.7 Å². The van der Waals surface area contributed by atoms with Gasteiger partial charge in [-0.3, -0.25) is 4.79 Å². The van der Waals surface area contributed by atoms with Crippen molar-refractivity contribution in [1.29, 1.82) is 0 Å². The van der Waals surface area contributed by atoms with E-state index in [0.717, 1.165) is 36.7 Å². The minimum atomic E-state index is 0.118. The number of fused-ring (bicyclic) bond motifs is 1. The highest BCUT2D eigenvalue weighted by Gasteiger charge is 2.29. The number of amides is 1. The van der Waals surface area contributed by atoms with Crippen LogP contribution >= 0.6 is 23.5 Å². The number of hydrogen-bond acceptors (Lipinski definition) is 6. The molecule has 0 saturated heterocycles. The molecule has 2 heterocycles. The zero-order valence-corrected chi connectivity index (χ0v) is 15.1. The van der Waals surface area contributed by atoms with Crippen LogP contribution in [0.4, 0.5) is 5.69 Å². The van der Waals surface area contributed by atoms with Gasteiger partial charge in [0.1, 0.15) is 0 Å². The fourth-order valence-electron chi connectivity index (χ4n) is 2.78. The van der Waals surface area contributed by atoms with Crippen LogP contribution in [0.5, 0.6) is 0 Å². The predicted molar refractivity (Wildman–Crippen MR) is 95.5 cm³/mol. The van der Waals surface area contributed by atoms with Gasteiger partial charge in [0.15, 0.2) is 0 Å². The van der Waals surface area contributed by atoms with E-state index < -0.39 is 0 Å². The van der Waals surface area contributed by atoms with Crippen molar-refractivity contribution in [3.05, 3.63) is 24.3 Å². The number of thioether (sulfide) groups is 2. The van der Waals surface area contributed by atoms with Crippen LogP contribution in [-0.4, -0.2) is 43.7 Å². The first-order valence-electron chi connectivity index (χ1n) is 8.19. The Labute approximate surface area is 149 Å². The second-order valence-corrected chi connectivity index (χ2v) is 8.58. The van der Waals surface area contributed by atoms with Crippen LogP contribution in [0.1, 0.15) is 32.2 Å². The zero-order valence-electron chi connectivity index (χ0n) is 13.5. The van der Waals surface area contributed by atoms with Gasteiger partial charge in [-0.25, -0.2) is 4.68 Å². The second-order valence-electron chi connectivity index (χ2n) is 6.16. The molecule has 4 rings (SSSR count). The third kappa shape index (κ3) is 3.30. The van der Waals surface area contributed by atoms with Crippen molar-refractivity contribution < 1.29 is 4.79 Å². The molecule has 0 bridgehead atoms. The standard InChI is InChI=1S/C16H19N5OS2/c1-11-8-9-20(13-4-2-3-5-14(13)24-11)15(22)10-23-16-17-18-19-21(16)12-6-7-12/h2-5,11-12H,6-10H2,1H3. The largest absolute Gasteiger partial charge is 0.311 e. The average molecular weight is 361 g/mol. The predicted octanol–water partition coefficient (Wildman–Crippen LogP) is 3.02. The molecule has 1 aliphatic carbocycles. The van der Waals surface area contributed by atoms with Crippen LogP contribution in [0.15, 0.2) is 34.3 Å². The molecule has 1 atom stereocenters. The van der Waals surface area contributed by atoms with Gasteiger partial charge in [-0.2, -0.15) is 0 Å². The van der Waals surface area contributed by atoms with E-state index in [1.165, 1.54) is 16.7 Å². The molecule has 8 heteroatoms. The van der Waals surface area contributed by atoms with E-state index in [2.05, 4.69) is 28.5 Å². The quantitative estimate of drug-likeness (QED) is 0.780. The number of para-hydroxylation sites is 1. The first-order chi connectivity index (χ1) is 11.7. The highest BCUT2D eigenvalue weighted by Crippen LogP contribution is 2.38. The van der Waals surface area contributed by atoms with Gasteiger partial charge in [-0.05, 0) is 41.8 Å². The highest BCUT2D eigenvalue weighted by atomic mass is 32.2. The summed E-state index contributed by atoms with van der Waals surface area (Å²) < 4.78 is 1.85. The van der Waals surface area contributed by atoms with Crippen LogP contribution < -0.4 is 4.90 Å². The van der Waals surface area contributed by atoms with Crippen LogP contribution in [0.25, 0.3) is 0 Å². The SMILES string of the molecule is CC1CCN(C(=O)CSc2nnnn2C2CC2)c2ccccc2S1. The van der Waals surface area contributed by atoms with Crippen molar-refractivity contribution in [3.63, 3.8) is 0 Å². The van der Waals surface area contributed by atoms with Crippen molar-refractivity contribution in [2.75, 3.05) is 17.2 Å². The Bertz CT molecular complexity index is 746. The van der Waals surface area contributed by atoms with E-state index in [9.17, 15) is 4.79 Å². The smallest absolute Gasteiger partial charge is 0.237 e. The van der Waals surface area contributed by atoms with Gasteiger partial charge in [0.2, 0.25) is 11.1 Å². The number of nitrogens with zero attached hydrogens (tertiary/aromatic N) is 5. The Balaban J connectivity index is 1.48. The van der Waals surface area contributed by atoms with Crippen molar-refractivity contribution in [1.82, 2.24) is 20.2 Å². The molecular formula is C16H19N5OS2. The topological polar surface area (TPSA) is 63.9 Å². The van der Waals surface area contributed by atoms with E-state index >= 15 is 0 Å². The number of hydrogen-bond donors (Lipinski definition) is 0. The summed E-state index contributed by atoms with van der Waals surface area (Å²) in [6.45, 7) is 2.98. The summed E-state index contributed by atoms with van der Waals surface area (Å²) in [4.78, 5) is 15.9. The maximum atomic E-state index is 12.8. The van der Waals surface area contributed by atoms with E-state index in [-0.39, 0.29) is 5.91 Å². The van der Waals surface area contributed by atoms with Crippen LogP contribution in [0.2, 0.25) is 0 Å². The molecule has 1 aliphatic heterocycles. The van der Waals surface area contributed by atoms with Gasteiger partial charge in [-0.15, -0.1) is 16.9 Å². The molecule has 1 fully saturated rings. The van der Waals surface area contributed by atoms with Gasteiger partial charge in [0.05, 0.1) is 17.5 Å². The lowest BCUT2D eigenvalue weighted by Crippen LogP contribution is -2.33. The van der Waals surface area contributed by atoms with Crippen molar-refractivity contribution in [2.24, 2.45) is 0 Å². The fraction of sp³-hybridized carbons (Fsp3) is 0.500. The molecule has 1 aromatic heterocycles. The molecule has 0 N–H and O–H groups in total. The van der Waals surface area contributed by atoms with Crippen LogP contribution in [0, 0.1) is 0 Å². The minimum Gasteiger partial charge on any atom is -0.311 e. The van der Waals surface area contributed by atoms with Crippen LogP contribution in [0.3, 0.4) is 0 Å². The normalized spacial score (nSPS) is 20.5. The molecule has 126 valence electrons. The molecule has 2 aromatic rings. The Morgan fingerprint density at radius 3 is 3.00 bits per heavy atom. The Morgan fingerprint density at radius 1 is 1.33 bits per heavy atom. The van der Waals surface area contributed by atoms with Crippen LogP contribution in [-0.2, 0) is 4.79 Å². The van der Waals surface area contributed by atoms with E-state index in [0.29, 0.717) is 17.0 Å². The summed E-state index contributed by atoms with van der Waals surface area (Å²) in [6.07, 6.45) is 3.25. The summed E-state index contributed by atoms with van der Waals surface area (Å²) >= 11 is 3.28. The number of aromatic nitrogens is 4. The maximum absolute atomic E-state index is 12.8. The molecule has 1 saturated carbocycles. The first kappa shape index (κ1) is 16.0. The Morgan fingerprint density at radius 2 is 2.17 bits per heavy atom. The fourth-order valence-corrected chi connectivity index (χ4v) is 4.71. The van der Waals surface area contributed by atoms with Gasteiger partial charge >= 0.3 is 0 Å². The maximum Gasteiger partial charge on any atom is 0.237 e. The third-order valence-corrected chi connectivity index (χ3v) is 6.38. The summed E-state index contributed by atoms with van der Waals surface area (Å²) in [5, 5.41) is 13.1. The third-order valence-electron chi connectivity index (χ3n) is 4.22. The summed E-state index contributed by atoms with van der Waals surface area (Å²) in [7, 11) is 0. The number of benzene rings is 1. The Kier molecular flexibility index (Phi) is 4.49. The van der Waals surface area contributed by atoms with E-state index in [4.69, 9.17) is 0 Å². The Hall–Kier alpha value is -1.54. The summed E-state index contributed by atoms with van der Waals surface area (Å²) in [5.41, 5.74) is 1.03. The van der Waals surface area contributed by atoms with Gasteiger partial charge in [-0.1, -0.05) is 30.8 Å². The lowest BCUT2D eigenvalue weighted by molar-refractivity contribution is -0.116. The highest BCUT2D eigenvalue weighted by molar-refractivity contribution is 8.00. The molecule has 0 spiro atoms. The van der Waals surface area contributed by atoms with Crippen molar-refractivity contribution in [2.45, 2.75) is 47.5 Å². The zero-order chi connectivity index (χ0) is 16.5. The number of carbonyl (C=O) groups excluding carboxylic acids is 1. The van der Waals surface area contributed by atoms with Crippen molar-refractivity contribution >= 4 is 35.1 Å². The van der Waals surface area contributed by atoms with Crippen molar-refractivity contribution in [3.8, 4) is 0 Å². The minimum absolute atomic E-state index is 0.118. The van der Waals surface area contributed by atoms with E-state index in [1.807, 2.05) is 39.5 Å². The first-order valence-corrected chi connectivity index (χ1v) is 10.1. The molecule has 1 aromatic carbocycles. The number of rotatable bonds is 4. The van der Waals surface area contributed by atoms with E-state index in [1.54, 1.807) is 0 Å². The molecule has 2 aliphatic rings. The number of tetrazole rings is 1. The molecule has 6 nitrogen and oxygen atoms in total. The van der Waals surface area contributed by atoms with Gasteiger partial charge < -0.3 is 4.90 Å². The average Bonchev–Trinajstić information content (AvgIpc) is 3.35. The molecule has 1 amide bonds. The monoisotopic (exact) mass is 361 g/mol. The van der Waals surface area contributed by atoms with Gasteiger partial charge in [0.25, 0.3) is 0 Å².